The molecule has 0 nitrogen and oxygen atoms in total. The Morgan fingerprint density at radius 1 is 0.520 bits per heavy atom. The molecule has 0 saturated carbocycles. The molecule has 130 valence electrons. The summed E-state index contributed by atoms with van der Waals surface area (Å²) in [4.78, 5) is 0. The molecule has 0 amide bonds. The highest BCUT2D eigenvalue weighted by atomic mass is 14.0. The highest BCUT2D eigenvalue weighted by Gasteiger charge is 1.95. The van der Waals surface area contributed by atoms with Crippen molar-refractivity contribution in [3.8, 4) is 0 Å². The summed E-state index contributed by atoms with van der Waals surface area (Å²) in [5.74, 6) is 0. The van der Waals surface area contributed by atoms with Crippen LogP contribution in [0.4, 0.5) is 0 Å². The van der Waals surface area contributed by atoms with Crippen molar-refractivity contribution < 1.29 is 0 Å². The maximum atomic E-state index is 2.28. The maximum Gasteiger partial charge on any atom is -0.00258 e. The highest BCUT2D eigenvalue weighted by Crippen LogP contribution is 2.11. The SMILES string of the molecule is CCc1cccc(CC)c1.Cc1ccc(Cc2ccc(C)cc2)cc1. The summed E-state index contributed by atoms with van der Waals surface area (Å²) in [5.41, 5.74) is 8.29. The Kier molecular flexibility index (Phi) is 7.47. The molecule has 0 aromatic heterocycles. The minimum absolute atomic E-state index is 1.03. The van der Waals surface area contributed by atoms with Crippen molar-refractivity contribution in [2.24, 2.45) is 0 Å². The average molecular weight is 331 g/mol. The highest BCUT2D eigenvalue weighted by molar-refractivity contribution is 5.29. The van der Waals surface area contributed by atoms with Crippen LogP contribution in [0.3, 0.4) is 0 Å². The second-order valence-corrected chi connectivity index (χ2v) is 6.68. The van der Waals surface area contributed by atoms with Crippen molar-refractivity contribution in [2.75, 3.05) is 0 Å². The average Bonchev–Trinajstić information content (AvgIpc) is 2.66. The van der Waals surface area contributed by atoms with E-state index in [4.69, 9.17) is 0 Å². The lowest BCUT2D eigenvalue weighted by Crippen LogP contribution is -1.88. The Morgan fingerprint density at radius 3 is 1.28 bits per heavy atom. The van der Waals surface area contributed by atoms with Crippen molar-refractivity contribution >= 4 is 0 Å². The summed E-state index contributed by atoms with van der Waals surface area (Å²) >= 11 is 0. The van der Waals surface area contributed by atoms with Gasteiger partial charge in [-0.15, -0.1) is 0 Å². The Labute approximate surface area is 153 Å². The molecule has 0 spiro atoms. The molecule has 0 aliphatic carbocycles. The largest absolute Gasteiger partial charge is 0.0617 e. The molecule has 3 aromatic rings. The van der Waals surface area contributed by atoms with Crippen molar-refractivity contribution in [2.45, 2.75) is 47.0 Å². The molecule has 0 atom stereocenters. The van der Waals surface area contributed by atoms with Crippen LogP contribution in [-0.2, 0) is 19.3 Å². The molecule has 0 unspecified atom stereocenters. The van der Waals surface area contributed by atoms with Crippen LogP contribution >= 0.6 is 0 Å². The first-order chi connectivity index (χ1) is 12.1. The normalized spacial score (nSPS) is 10.1. The molecular formula is C25H30. The Bertz CT molecular complexity index is 686. The smallest absolute Gasteiger partial charge is 0.00258 e. The van der Waals surface area contributed by atoms with E-state index in [-0.39, 0.29) is 0 Å². The van der Waals surface area contributed by atoms with E-state index in [0.29, 0.717) is 0 Å². The van der Waals surface area contributed by atoms with Gasteiger partial charge in [0.2, 0.25) is 0 Å². The van der Waals surface area contributed by atoms with Crippen molar-refractivity contribution in [3.05, 3.63) is 106 Å². The number of aryl methyl sites for hydroxylation is 4. The van der Waals surface area contributed by atoms with E-state index in [1.54, 1.807) is 0 Å². The van der Waals surface area contributed by atoms with Gasteiger partial charge in [0, 0.05) is 0 Å². The van der Waals surface area contributed by atoms with E-state index in [2.05, 4.69) is 100 Å². The van der Waals surface area contributed by atoms with E-state index in [1.807, 2.05) is 0 Å². The lowest BCUT2D eigenvalue weighted by atomic mass is 10.0. The standard InChI is InChI=1S/C15H16.C10H14/c1-12-3-7-14(8-4-12)11-15-9-5-13(2)6-10-15;1-3-9-6-5-7-10(4-2)8-9/h3-10H,11H2,1-2H3;5-8H,3-4H2,1-2H3. The van der Waals surface area contributed by atoms with E-state index >= 15 is 0 Å². The van der Waals surface area contributed by atoms with Crippen LogP contribution < -0.4 is 0 Å². The van der Waals surface area contributed by atoms with Crippen LogP contribution in [0, 0.1) is 13.8 Å². The molecule has 0 saturated heterocycles. The van der Waals surface area contributed by atoms with Crippen LogP contribution in [0.5, 0.6) is 0 Å². The second kappa shape index (κ2) is 9.84. The zero-order valence-corrected chi connectivity index (χ0v) is 16.0. The summed E-state index contributed by atoms with van der Waals surface area (Å²) in [6, 6.07) is 26.3. The molecule has 0 fully saturated rings. The zero-order valence-electron chi connectivity index (χ0n) is 16.0. The zero-order chi connectivity index (χ0) is 18.1. The van der Waals surface area contributed by atoms with Gasteiger partial charge in [-0.1, -0.05) is 97.8 Å². The molecule has 0 aliphatic heterocycles. The lowest BCUT2D eigenvalue weighted by Gasteiger charge is -2.03. The van der Waals surface area contributed by atoms with Gasteiger partial charge < -0.3 is 0 Å². The topological polar surface area (TPSA) is 0 Å². The van der Waals surface area contributed by atoms with Crippen molar-refractivity contribution in [3.63, 3.8) is 0 Å². The number of hydrogen-bond acceptors (Lipinski definition) is 0. The summed E-state index contributed by atoms with van der Waals surface area (Å²) in [5, 5.41) is 0. The molecule has 3 rings (SSSR count). The van der Waals surface area contributed by atoms with Crippen LogP contribution in [0.25, 0.3) is 0 Å². The number of rotatable bonds is 4. The predicted octanol–water partition coefficient (Wildman–Crippen LogP) is 6.71. The van der Waals surface area contributed by atoms with Gasteiger partial charge >= 0.3 is 0 Å². The van der Waals surface area contributed by atoms with Crippen molar-refractivity contribution in [1.29, 1.82) is 0 Å². The van der Waals surface area contributed by atoms with Gasteiger partial charge in [-0.3, -0.25) is 0 Å². The van der Waals surface area contributed by atoms with Crippen LogP contribution in [0.2, 0.25) is 0 Å². The van der Waals surface area contributed by atoms with Gasteiger partial charge in [0.25, 0.3) is 0 Å². The number of hydrogen-bond donors (Lipinski definition) is 0. The molecule has 3 aromatic carbocycles. The van der Waals surface area contributed by atoms with Gasteiger partial charge in [-0.25, -0.2) is 0 Å². The third-order valence-electron chi connectivity index (χ3n) is 4.46. The minimum atomic E-state index is 1.03. The lowest BCUT2D eigenvalue weighted by molar-refractivity contribution is 1.09. The van der Waals surface area contributed by atoms with Gasteiger partial charge in [-0.2, -0.15) is 0 Å². The Morgan fingerprint density at radius 2 is 0.920 bits per heavy atom. The van der Waals surface area contributed by atoms with Crippen LogP contribution in [0.1, 0.15) is 47.2 Å². The first kappa shape index (κ1) is 19.0. The Hall–Kier alpha value is -2.34. The van der Waals surface area contributed by atoms with E-state index in [1.165, 1.54) is 33.4 Å². The Balaban J connectivity index is 0.000000196. The monoisotopic (exact) mass is 330 g/mol. The molecule has 0 radical (unpaired) electrons. The quantitative estimate of drug-likeness (QED) is 0.499. The molecule has 0 aliphatic rings. The molecule has 0 N–H and O–H groups in total. The number of benzene rings is 3. The predicted molar refractivity (Wildman–Crippen MR) is 110 cm³/mol. The molecule has 0 bridgehead atoms. The first-order valence-corrected chi connectivity index (χ1v) is 9.29. The van der Waals surface area contributed by atoms with Crippen LogP contribution in [-0.4, -0.2) is 0 Å². The molecule has 25 heavy (non-hydrogen) atoms. The summed E-state index contributed by atoms with van der Waals surface area (Å²) < 4.78 is 0. The van der Waals surface area contributed by atoms with Crippen molar-refractivity contribution in [1.82, 2.24) is 0 Å². The van der Waals surface area contributed by atoms with E-state index in [9.17, 15) is 0 Å². The summed E-state index contributed by atoms with van der Waals surface area (Å²) in [7, 11) is 0. The van der Waals surface area contributed by atoms with Gasteiger partial charge in [0.15, 0.2) is 0 Å². The third-order valence-corrected chi connectivity index (χ3v) is 4.46. The van der Waals surface area contributed by atoms with Gasteiger partial charge in [0.1, 0.15) is 0 Å². The van der Waals surface area contributed by atoms with E-state index < -0.39 is 0 Å². The maximum absolute atomic E-state index is 2.28. The molecule has 0 heteroatoms. The molecule has 0 heterocycles. The van der Waals surface area contributed by atoms with Gasteiger partial charge in [0.05, 0.1) is 0 Å². The fourth-order valence-corrected chi connectivity index (χ4v) is 2.72. The first-order valence-electron chi connectivity index (χ1n) is 9.29. The fraction of sp³-hybridized carbons (Fsp3) is 0.280. The van der Waals surface area contributed by atoms with Gasteiger partial charge in [-0.05, 0) is 55.4 Å². The van der Waals surface area contributed by atoms with Crippen LogP contribution in [0.15, 0.2) is 72.8 Å². The fourth-order valence-electron chi connectivity index (χ4n) is 2.72. The summed E-state index contributed by atoms with van der Waals surface area (Å²) in [6.07, 6.45) is 3.32. The molecular weight excluding hydrogens is 300 g/mol. The summed E-state index contributed by atoms with van der Waals surface area (Å²) in [6.45, 7) is 8.62. The third kappa shape index (κ3) is 6.58. The minimum Gasteiger partial charge on any atom is -0.0617 e. The van der Waals surface area contributed by atoms with E-state index in [0.717, 1.165) is 19.3 Å². The second-order valence-electron chi connectivity index (χ2n) is 6.68.